The van der Waals surface area contributed by atoms with Gasteiger partial charge in [-0.3, -0.25) is 4.79 Å². The highest BCUT2D eigenvalue weighted by Crippen LogP contribution is 2.32. The van der Waals surface area contributed by atoms with Gasteiger partial charge in [-0.25, -0.2) is 8.42 Å². The summed E-state index contributed by atoms with van der Waals surface area (Å²) in [6, 6.07) is 0. The Morgan fingerprint density at radius 3 is 2.25 bits per heavy atom. The first-order valence-corrected chi connectivity index (χ1v) is 9.45. The van der Waals surface area contributed by atoms with E-state index in [9.17, 15) is 13.2 Å². The Kier molecular flexibility index (Phi) is 4.04. The van der Waals surface area contributed by atoms with Gasteiger partial charge in [0.1, 0.15) is 6.61 Å². The molecule has 1 aliphatic carbocycles. The number of nitrogens with zero attached hydrogens (tertiary/aromatic N) is 1. The van der Waals surface area contributed by atoms with E-state index in [0.717, 1.165) is 12.8 Å². The minimum atomic E-state index is -2.85. The van der Waals surface area contributed by atoms with Gasteiger partial charge in [0, 0.05) is 13.1 Å². The topological polar surface area (TPSA) is 63.7 Å². The van der Waals surface area contributed by atoms with Crippen LogP contribution in [0.4, 0.5) is 0 Å². The Labute approximate surface area is 120 Å². The quantitative estimate of drug-likeness (QED) is 0.775. The van der Waals surface area contributed by atoms with Crippen LogP contribution in [0.15, 0.2) is 0 Å². The third-order valence-electron chi connectivity index (χ3n) is 4.86. The monoisotopic (exact) mass is 301 g/mol. The highest BCUT2D eigenvalue weighted by molar-refractivity contribution is 7.91. The van der Waals surface area contributed by atoms with E-state index >= 15 is 0 Å². The number of sulfone groups is 1. The fraction of sp³-hybridized carbons (Fsp3) is 0.929. The van der Waals surface area contributed by atoms with E-state index < -0.39 is 9.84 Å². The van der Waals surface area contributed by atoms with Gasteiger partial charge in [0.25, 0.3) is 0 Å². The van der Waals surface area contributed by atoms with Gasteiger partial charge in [0.05, 0.1) is 17.6 Å². The minimum absolute atomic E-state index is 0.0300. The molecule has 6 heteroatoms. The molecular weight excluding hydrogens is 278 g/mol. The zero-order chi connectivity index (χ0) is 14.2. The molecule has 1 amide bonds. The molecule has 0 spiro atoms. The van der Waals surface area contributed by atoms with E-state index in [4.69, 9.17) is 4.74 Å². The van der Waals surface area contributed by atoms with Crippen molar-refractivity contribution in [2.75, 3.05) is 31.2 Å². The predicted octanol–water partition coefficient (Wildman–Crippen LogP) is 0.839. The van der Waals surface area contributed by atoms with Crippen LogP contribution in [0.5, 0.6) is 0 Å². The van der Waals surface area contributed by atoms with Crippen LogP contribution in [0.25, 0.3) is 0 Å². The molecule has 0 aromatic carbocycles. The van der Waals surface area contributed by atoms with Crippen molar-refractivity contribution in [2.24, 2.45) is 11.8 Å². The predicted molar refractivity (Wildman–Crippen MR) is 75.0 cm³/mol. The van der Waals surface area contributed by atoms with Crippen LogP contribution >= 0.6 is 0 Å². The van der Waals surface area contributed by atoms with Gasteiger partial charge >= 0.3 is 0 Å². The maximum absolute atomic E-state index is 12.1. The summed E-state index contributed by atoms with van der Waals surface area (Å²) in [5.74, 6) is 0.843. The number of ether oxygens (including phenoxy) is 1. The van der Waals surface area contributed by atoms with Crippen LogP contribution in [-0.4, -0.2) is 56.5 Å². The highest BCUT2D eigenvalue weighted by Gasteiger charge is 2.44. The molecule has 2 atom stereocenters. The Hall–Kier alpha value is -0.620. The molecule has 1 saturated carbocycles. The standard InChI is InChI=1S/C14H23NO4S/c16-14(8-19-13-4-2-1-3-5-13)15-6-11-9-20(17,18)10-12(11)7-15/h11-13H,1-10H2/t11-,12+. The van der Waals surface area contributed by atoms with Crippen molar-refractivity contribution < 1.29 is 17.9 Å². The molecule has 2 saturated heterocycles. The molecule has 0 aromatic heterocycles. The molecule has 0 unspecified atom stereocenters. The maximum atomic E-state index is 12.1. The lowest BCUT2D eigenvalue weighted by molar-refractivity contribution is -0.138. The van der Waals surface area contributed by atoms with E-state index in [1.54, 1.807) is 4.90 Å². The first kappa shape index (κ1) is 14.3. The Balaban J connectivity index is 1.45. The van der Waals surface area contributed by atoms with Crippen molar-refractivity contribution in [3.05, 3.63) is 0 Å². The second-order valence-corrected chi connectivity index (χ2v) is 8.62. The van der Waals surface area contributed by atoms with Crippen LogP contribution in [0.2, 0.25) is 0 Å². The van der Waals surface area contributed by atoms with Crippen molar-refractivity contribution >= 4 is 15.7 Å². The summed E-state index contributed by atoms with van der Waals surface area (Å²) in [6.07, 6.45) is 6.05. The minimum Gasteiger partial charge on any atom is -0.368 e. The Bertz CT molecular complexity index is 450. The van der Waals surface area contributed by atoms with Gasteiger partial charge in [0.15, 0.2) is 9.84 Å². The molecule has 3 fully saturated rings. The van der Waals surface area contributed by atoms with Crippen LogP contribution in [0.1, 0.15) is 32.1 Å². The first-order valence-electron chi connectivity index (χ1n) is 7.63. The number of carbonyl (C=O) groups is 1. The summed E-state index contributed by atoms with van der Waals surface area (Å²) in [5.41, 5.74) is 0. The Morgan fingerprint density at radius 2 is 1.65 bits per heavy atom. The smallest absolute Gasteiger partial charge is 0.248 e. The molecule has 2 heterocycles. The molecule has 20 heavy (non-hydrogen) atoms. The van der Waals surface area contributed by atoms with E-state index in [0.29, 0.717) is 13.1 Å². The highest BCUT2D eigenvalue weighted by atomic mass is 32.2. The second kappa shape index (κ2) is 5.64. The molecule has 0 N–H and O–H groups in total. The van der Waals surface area contributed by atoms with Crippen molar-refractivity contribution in [3.8, 4) is 0 Å². The van der Waals surface area contributed by atoms with Crippen molar-refractivity contribution in [3.63, 3.8) is 0 Å². The SMILES string of the molecule is O=C(COC1CCCCC1)N1C[C@@H]2CS(=O)(=O)C[C@@H]2C1. The van der Waals surface area contributed by atoms with E-state index in [-0.39, 0.29) is 42.0 Å². The van der Waals surface area contributed by atoms with Crippen LogP contribution in [0, 0.1) is 11.8 Å². The third-order valence-corrected chi connectivity index (χ3v) is 6.73. The molecular formula is C14H23NO4S. The molecule has 5 nitrogen and oxygen atoms in total. The largest absolute Gasteiger partial charge is 0.368 e. The van der Waals surface area contributed by atoms with Gasteiger partial charge < -0.3 is 9.64 Å². The van der Waals surface area contributed by atoms with Crippen molar-refractivity contribution in [1.82, 2.24) is 4.90 Å². The number of likely N-dealkylation sites (tertiary alicyclic amines) is 1. The Morgan fingerprint density at radius 1 is 1.05 bits per heavy atom. The van der Waals surface area contributed by atoms with Crippen LogP contribution in [-0.2, 0) is 19.4 Å². The number of rotatable bonds is 3. The van der Waals surface area contributed by atoms with Gasteiger partial charge in [-0.2, -0.15) is 0 Å². The zero-order valence-corrected chi connectivity index (χ0v) is 12.6. The fourth-order valence-electron chi connectivity index (χ4n) is 3.75. The number of hydrogen-bond acceptors (Lipinski definition) is 4. The summed E-state index contributed by atoms with van der Waals surface area (Å²) in [6.45, 7) is 1.35. The third kappa shape index (κ3) is 3.17. The summed E-state index contributed by atoms with van der Waals surface area (Å²) in [4.78, 5) is 13.9. The lowest BCUT2D eigenvalue weighted by Gasteiger charge is -2.23. The van der Waals surface area contributed by atoms with Gasteiger partial charge in [0.2, 0.25) is 5.91 Å². The summed E-state index contributed by atoms with van der Waals surface area (Å²) in [7, 11) is -2.85. The average molecular weight is 301 g/mol. The lowest BCUT2D eigenvalue weighted by atomic mass is 9.98. The van der Waals surface area contributed by atoms with Crippen molar-refractivity contribution in [2.45, 2.75) is 38.2 Å². The molecule has 3 rings (SSSR count). The normalized spacial score (nSPS) is 33.3. The molecule has 3 aliphatic rings. The fourth-order valence-corrected chi connectivity index (χ4v) is 5.95. The van der Waals surface area contributed by atoms with Gasteiger partial charge in [-0.15, -0.1) is 0 Å². The number of hydrogen-bond donors (Lipinski definition) is 0. The zero-order valence-electron chi connectivity index (χ0n) is 11.8. The van der Waals surface area contributed by atoms with E-state index in [1.165, 1.54) is 19.3 Å². The average Bonchev–Trinajstić information content (AvgIpc) is 2.90. The van der Waals surface area contributed by atoms with Crippen LogP contribution < -0.4 is 0 Å². The summed E-state index contributed by atoms with van der Waals surface area (Å²) >= 11 is 0. The molecule has 0 radical (unpaired) electrons. The van der Waals surface area contributed by atoms with Crippen molar-refractivity contribution in [1.29, 1.82) is 0 Å². The molecule has 0 bridgehead atoms. The maximum Gasteiger partial charge on any atom is 0.248 e. The number of carbonyl (C=O) groups excluding carboxylic acids is 1. The molecule has 114 valence electrons. The lowest BCUT2D eigenvalue weighted by Crippen LogP contribution is -2.35. The summed E-state index contributed by atoms with van der Waals surface area (Å²) in [5, 5.41) is 0. The number of fused-ring (bicyclic) bond motifs is 1. The number of amides is 1. The second-order valence-electron chi connectivity index (χ2n) is 6.47. The first-order chi connectivity index (χ1) is 9.53. The van der Waals surface area contributed by atoms with E-state index in [1.807, 2.05) is 0 Å². The van der Waals surface area contributed by atoms with E-state index in [2.05, 4.69) is 0 Å². The van der Waals surface area contributed by atoms with Gasteiger partial charge in [-0.05, 0) is 24.7 Å². The molecule has 0 aromatic rings. The summed E-state index contributed by atoms with van der Waals surface area (Å²) < 4.78 is 28.8. The molecule has 2 aliphatic heterocycles. The van der Waals surface area contributed by atoms with Crippen LogP contribution in [0.3, 0.4) is 0 Å². The van der Waals surface area contributed by atoms with Gasteiger partial charge in [-0.1, -0.05) is 19.3 Å².